The topological polar surface area (TPSA) is 56.0 Å². The third-order valence-electron chi connectivity index (χ3n) is 0.725. The number of rotatable bonds is 0. The quantitative estimate of drug-likeness (QED) is 0.531. The van der Waals surface area contributed by atoms with Crippen LogP contribution in [0.15, 0.2) is 11.6 Å². The summed E-state index contributed by atoms with van der Waals surface area (Å²) in [6.07, 6.45) is 1.62. The summed E-state index contributed by atoms with van der Waals surface area (Å²) < 4.78 is 0. The zero-order valence-electron chi connectivity index (χ0n) is 5.00. The molecular weight excluding hydrogens is 148 g/mol. The molecule has 50 valence electrons. The summed E-state index contributed by atoms with van der Waals surface area (Å²) in [5, 5.41) is 2.39. The molecule has 0 atom stereocenters. The summed E-state index contributed by atoms with van der Waals surface area (Å²) >= 11 is 1.37. The van der Waals surface area contributed by atoms with E-state index in [1.807, 2.05) is 0 Å². The molecule has 1 aromatic rings. The third kappa shape index (κ3) is 1.88. The number of carbonyl (C=O) groups excluding carboxylic acids is 1. The van der Waals surface area contributed by atoms with Gasteiger partial charge in [0.2, 0.25) is 0 Å². The van der Waals surface area contributed by atoms with Gasteiger partial charge in [-0.25, -0.2) is 4.98 Å². The number of carbonyl (C=O) groups is 1. The molecule has 0 fully saturated rings. The van der Waals surface area contributed by atoms with Gasteiger partial charge in [-0.2, -0.15) is 0 Å². The molecule has 0 aromatic carbocycles. The number of nitrogens with zero attached hydrogens (tertiary/aromatic N) is 1. The Hall–Kier alpha value is -1.34. The average molecular weight is 152 g/mol. The average Bonchev–Trinajstić information content (AvgIpc) is 2.34. The molecule has 0 spiro atoms. The van der Waals surface area contributed by atoms with Crippen LogP contribution in [0.25, 0.3) is 0 Å². The largest absolute Gasteiger partial charge is 0.359 e. The molecule has 3 nitrogen and oxygen atoms in total. The molecule has 0 bridgehead atoms. The second-order valence-corrected chi connectivity index (χ2v) is 2.35. The summed E-state index contributed by atoms with van der Waals surface area (Å²) in [6.45, 7) is 0. The van der Waals surface area contributed by atoms with Crippen LogP contribution in [0.1, 0.15) is 5.01 Å². The molecule has 1 heterocycles. The highest BCUT2D eigenvalue weighted by atomic mass is 32.1. The molecule has 2 N–H and O–H groups in total. The highest BCUT2D eigenvalue weighted by molar-refractivity contribution is 7.10. The monoisotopic (exact) mass is 152 g/mol. The van der Waals surface area contributed by atoms with Gasteiger partial charge in [0.15, 0.2) is 5.01 Å². The molecule has 0 radical (unpaired) electrons. The normalized spacial score (nSPS) is 8.00. The lowest BCUT2D eigenvalue weighted by atomic mass is 10.6. The molecule has 1 aromatic heterocycles. The molecule has 4 heteroatoms. The van der Waals surface area contributed by atoms with Crippen LogP contribution in [-0.4, -0.2) is 10.9 Å². The van der Waals surface area contributed by atoms with Crippen molar-refractivity contribution in [1.29, 1.82) is 0 Å². The van der Waals surface area contributed by atoms with Crippen LogP contribution in [0.5, 0.6) is 0 Å². The van der Waals surface area contributed by atoms with Gasteiger partial charge in [-0.05, 0) is 5.92 Å². The summed E-state index contributed by atoms with van der Waals surface area (Å²) in [5.74, 6) is 4.06. The molecule has 0 aliphatic carbocycles. The SMILES string of the molecule is NC(=O)C#Cc1nccs1. The van der Waals surface area contributed by atoms with Gasteiger partial charge in [-0.15, -0.1) is 11.3 Å². The maximum absolute atomic E-state index is 10.1. The van der Waals surface area contributed by atoms with Crippen molar-refractivity contribution in [3.63, 3.8) is 0 Å². The molecule has 0 saturated heterocycles. The molecule has 0 aliphatic heterocycles. The van der Waals surface area contributed by atoms with Gasteiger partial charge in [0.1, 0.15) is 0 Å². The van der Waals surface area contributed by atoms with Gasteiger partial charge in [0, 0.05) is 17.5 Å². The van der Waals surface area contributed by atoms with E-state index in [1.54, 1.807) is 11.6 Å². The van der Waals surface area contributed by atoms with Crippen LogP contribution in [-0.2, 0) is 4.79 Å². The van der Waals surface area contributed by atoms with Gasteiger partial charge >= 0.3 is 0 Å². The lowest BCUT2D eigenvalue weighted by molar-refractivity contribution is -0.112. The summed E-state index contributed by atoms with van der Waals surface area (Å²) in [7, 11) is 0. The van der Waals surface area contributed by atoms with Crippen LogP contribution in [0.4, 0.5) is 0 Å². The Morgan fingerprint density at radius 1 is 1.80 bits per heavy atom. The first-order valence-electron chi connectivity index (χ1n) is 2.50. The van der Waals surface area contributed by atoms with E-state index in [9.17, 15) is 4.79 Å². The maximum atomic E-state index is 10.1. The number of hydrogen-bond acceptors (Lipinski definition) is 3. The zero-order chi connectivity index (χ0) is 7.40. The number of hydrogen-bond donors (Lipinski definition) is 1. The molecule has 0 aliphatic rings. The number of primary amides is 1. The maximum Gasteiger partial charge on any atom is 0.293 e. The van der Waals surface area contributed by atoms with Crippen LogP contribution >= 0.6 is 11.3 Å². The molecular formula is C6H4N2OS. The van der Waals surface area contributed by atoms with E-state index in [1.165, 1.54) is 11.3 Å². The van der Waals surface area contributed by atoms with Gasteiger partial charge in [-0.3, -0.25) is 4.79 Å². The Morgan fingerprint density at radius 3 is 3.10 bits per heavy atom. The van der Waals surface area contributed by atoms with Crippen molar-refractivity contribution in [3.8, 4) is 11.8 Å². The van der Waals surface area contributed by atoms with Crippen molar-refractivity contribution in [3.05, 3.63) is 16.6 Å². The Balaban J connectivity index is 2.75. The van der Waals surface area contributed by atoms with Crippen molar-refractivity contribution < 1.29 is 4.79 Å². The predicted molar refractivity (Wildman–Crippen MR) is 38.2 cm³/mol. The molecule has 1 amide bonds. The Bertz CT molecular complexity index is 280. The van der Waals surface area contributed by atoms with E-state index >= 15 is 0 Å². The van der Waals surface area contributed by atoms with Crippen LogP contribution < -0.4 is 5.73 Å². The minimum Gasteiger partial charge on any atom is -0.359 e. The minimum absolute atomic E-state index is 0.610. The Morgan fingerprint density at radius 2 is 2.60 bits per heavy atom. The summed E-state index contributed by atoms with van der Waals surface area (Å²) in [6, 6.07) is 0. The fraction of sp³-hybridized carbons (Fsp3) is 0. The fourth-order valence-electron chi connectivity index (χ4n) is 0.400. The predicted octanol–water partition coefficient (Wildman–Crippen LogP) is -0.0201. The lowest BCUT2D eigenvalue weighted by Crippen LogP contribution is -2.06. The molecule has 10 heavy (non-hydrogen) atoms. The van der Waals surface area contributed by atoms with E-state index in [2.05, 4.69) is 16.8 Å². The second-order valence-electron chi connectivity index (χ2n) is 1.45. The van der Waals surface area contributed by atoms with Gasteiger partial charge in [-0.1, -0.05) is 0 Å². The molecule has 0 saturated carbocycles. The van der Waals surface area contributed by atoms with Crippen molar-refractivity contribution in [2.75, 3.05) is 0 Å². The molecule has 0 unspecified atom stereocenters. The number of aromatic nitrogens is 1. The highest BCUT2D eigenvalue weighted by Gasteiger charge is 1.86. The van der Waals surface area contributed by atoms with E-state index < -0.39 is 5.91 Å². The number of amides is 1. The van der Waals surface area contributed by atoms with Crippen molar-refractivity contribution >= 4 is 17.2 Å². The fourth-order valence-corrected chi connectivity index (χ4v) is 0.883. The van der Waals surface area contributed by atoms with Crippen LogP contribution in [0.3, 0.4) is 0 Å². The summed E-state index contributed by atoms with van der Waals surface area (Å²) in [5.41, 5.74) is 4.77. The Kier molecular flexibility index (Phi) is 2.03. The lowest BCUT2D eigenvalue weighted by Gasteiger charge is -1.72. The minimum atomic E-state index is -0.629. The first-order chi connectivity index (χ1) is 4.79. The van der Waals surface area contributed by atoms with Crippen molar-refractivity contribution in [2.24, 2.45) is 5.73 Å². The van der Waals surface area contributed by atoms with Crippen LogP contribution in [0.2, 0.25) is 0 Å². The van der Waals surface area contributed by atoms with E-state index in [0.717, 1.165) is 0 Å². The third-order valence-corrected chi connectivity index (χ3v) is 1.41. The van der Waals surface area contributed by atoms with Crippen molar-refractivity contribution in [2.45, 2.75) is 0 Å². The summed E-state index contributed by atoms with van der Waals surface area (Å²) in [4.78, 5) is 13.9. The van der Waals surface area contributed by atoms with E-state index in [0.29, 0.717) is 5.01 Å². The van der Waals surface area contributed by atoms with Gasteiger partial charge in [0.05, 0.1) is 0 Å². The van der Waals surface area contributed by atoms with Crippen LogP contribution in [0, 0.1) is 11.8 Å². The number of thiazole rings is 1. The highest BCUT2D eigenvalue weighted by Crippen LogP contribution is 1.99. The van der Waals surface area contributed by atoms with Gasteiger partial charge < -0.3 is 5.73 Å². The molecule has 1 rings (SSSR count). The first kappa shape index (κ1) is 6.78. The zero-order valence-corrected chi connectivity index (χ0v) is 5.81. The van der Waals surface area contributed by atoms with Crippen molar-refractivity contribution in [1.82, 2.24) is 4.98 Å². The number of nitrogens with two attached hydrogens (primary N) is 1. The Labute approximate surface area is 61.9 Å². The standard InChI is InChI=1S/C6H4N2OS/c7-5(9)1-2-6-8-3-4-10-6/h3-4H,(H2,7,9). The second kappa shape index (κ2) is 2.99. The first-order valence-corrected chi connectivity index (χ1v) is 3.38. The van der Waals surface area contributed by atoms with E-state index in [4.69, 9.17) is 5.73 Å². The van der Waals surface area contributed by atoms with Gasteiger partial charge in [0.25, 0.3) is 5.91 Å². The van der Waals surface area contributed by atoms with E-state index in [-0.39, 0.29) is 0 Å². The smallest absolute Gasteiger partial charge is 0.293 e.